The molecule has 1 aromatic carbocycles. The third-order valence-electron chi connectivity index (χ3n) is 7.26. The fourth-order valence-corrected chi connectivity index (χ4v) is 5.86. The molecule has 5 rings (SSSR count). The molecule has 2 aromatic rings. The van der Waals surface area contributed by atoms with Crippen molar-refractivity contribution in [1.29, 1.82) is 5.26 Å². The summed E-state index contributed by atoms with van der Waals surface area (Å²) in [6, 6.07) is 13.2. The van der Waals surface area contributed by atoms with Gasteiger partial charge in [-0.1, -0.05) is 30.3 Å². The Morgan fingerprint density at radius 1 is 1.12 bits per heavy atom. The van der Waals surface area contributed by atoms with E-state index in [9.17, 15) is 4.79 Å². The van der Waals surface area contributed by atoms with Crippen molar-refractivity contribution in [3.05, 3.63) is 53.9 Å². The Hall–Kier alpha value is -3.18. The number of nitrogens with zero attached hydrogens (tertiary/aromatic N) is 6. The van der Waals surface area contributed by atoms with Crippen LogP contribution in [0.4, 0.5) is 10.7 Å². The highest BCUT2D eigenvalue weighted by atomic mass is 16.2. The van der Waals surface area contributed by atoms with E-state index in [0.29, 0.717) is 30.0 Å². The van der Waals surface area contributed by atoms with Crippen molar-refractivity contribution in [3.63, 3.8) is 0 Å². The number of benzene rings is 1. The Kier molecular flexibility index (Phi) is 5.67. The predicted molar refractivity (Wildman–Crippen MR) is 125 cm³/mol. The van der Waals surface area contributed by atoms with E-state index in [1.54, 1.807) is 12.4 Å². The molecular weight excluding hydrogens is 414 g/mol. The zero-order valence-electron chi connectivity index (χ0n) is 19.3. The number of aromatic nitrogens is 2. The Labute approximate surface area is 195 Å². The molecule has 3 fully saturated rings. The van der Waals surface area contributed by atoms with E-state index in [1.165, 1.54) is 5.56 Å². The number of likely N-dealkylation sites (tertiary alicyclic amines) is 1. The van der Waals surface area contributed by atoms with Crippen LogP contribution in [0.2, 0.25) is 0 Å². The fourth-order valence-electron chi connectivity index (χ4n) is 5.86. The van der Waals surface area contributed by atoms with E-state index >= 15 is 0 Å². The van der Waals surface area contributed by atoms with Crippen molar-refractivity contribution >= 4 is 12.0 Å². The number of hydrogen-bond acceptors (Lipinski definition) is 6. The van der Waals surface area contributed by atoms with Gasteiger partial charge in [0.2, 0.25) is 5.95 Å². The number of piperazine rings is 1. The van der Waals surface area contributed by atoms with Crippen molar-refractivity contribution in [2.75, 3.05) is 31.1 Å². The molecule has 1 saturated carbocycles. The highest BCUT2D eigenvalue weighted by molar-refractivity contribution is 5.75. The lowest BCUT2D eigenvalue weighted by Gasteiger charge is -2.59. The molecule has 2 amide bonds. The highest BCUT2D eigenvalue weighted by Crippen LogP contribution is 2.48. The summed E-state index contributed by atoms with van der Waals surface area (Å²) >= 11 is 0. The number of urea groups is 1. The number of rotatable bonds is 4. The van der Waals surface area contributed by atoms with Gasteiger partial charge in [-0.15, -0.1) is 0 Å². The Morgan fingerprint density at radius 2 is 1.76 bits per heavy atom. The van der Waals surface area contributed by atoms with Gasteiger partial charge in [0.15, 0.2) is 0 Å². The lowest BCUT2D eigenvalue weighted by Crippen LogP contribution is -2.67. The summed E-state index contributed by atoms with van der Waals surface area (Å²) in [6.45, 7) is 8.71. The summed E-state index contributed by atoms with van der Waals surface area (Å²) in [5, 5.41) is 12.2. The van der Waals surface area contributed by atoms with Gasteiger partial charge in [0.25, 0.3) is 0 Å². The first-order valence-corrected chi connectivity index (χ1v) is 11.8. The Morgan fingerprint density at radius 3 is 2.36 bits per heavy atom. The van der Waals surface area contributed by atoms with E-state index in [1.807, 2.05) is 4.90 Å². The maximum Gasteiger partial charge on any atom is 0.317 e. The first-order chi connectivity index (χ1) is 15.9. The lowest BCUT2D eigenvalue weighted by molar-refractivity contribution is -0.0810. The monoisotopic (exact) mass is 445 g/mol. The Bertz CT molecular complexity index is 1010. The van der Waals surface area contributed by atoms with Crippen molar-refractivity contribution < 1.29 is 4.79 Å². The second-order valence-electron chi connectivity index (χ2n) is 10.1. The second-order valence-corrected chi connectivity index (χ2v) is 10.1. The first kappa shape index (κ1) is 21.7. The van der Waals surface area contributed by atoms with Gasteiger partial charge in [0.05, 0.1) is 18.0 Å². The third-order valence-corrected chi connectivity index (χ3v) is 7.26. The third kappa shape index (κ3) is 4.38. The molecule has 8 heteroatoms. The van der Waals surface area contributed by atoms with E-state index in [4.69, 9.17) is 5.26 Å². The number of carbonyl (C=O) groups is 1. The smallest absolute Gasteiger partial charge is 0.317 e. The van der Waals surface area contributed by atoms with Crippen LogP contribution in [-0.2, 0) is 6.54 Å². The normalized spacial score (nSPS) is 24.6. The molecule has 3 heterocycles. The van der Waals surface area contributed by atoms with Gasteiger partial charge in [-0.2, -0.15) is 5.26 Å². The summed E-state index contributed by atoms with van der Waals surface area (Å²) in [4.78, 5) is 28.2. The molecule has 33 heavy (non-hydrogen) atoms. The summed E-state index contributed by atoms with van der Waals surface area (Å²) in [6.07, 6.45) is 5.26. The van der Waals surface area contributed by atoms with Crippen LogP contribution in [0.15, 0.2) is 42.7 Å². The minimum Gasteiger partial charge on any atom is -0.335 e. The SMILES string of the molecule is C[C@H]1CN(C(=O)NC2CC3(C2)CN(Cc2ccccc2)C3)C[C@H](C)N1c1ncc(C#N)cn1. The maximum absolute atomic E-state index is 13.0. The van der Waals surface area contributed by atoms with Crippen LogP contribution in [0.1, 0.15) is 37.8 Å². The average Bonchev–Trinajstić information content (AvgIpc) is 2.76. The first-order valence-electron chi connectivity index (χ1n) is 11.8. The zero-order chi connectivity index (χ0) is 23.0. The highest BCUT2D eigenvalue weighted by Gasteiger charge is 2.52. The molecule has 1 aliphatic carbocycles. The molecule has 8 nitrogen and oxygen atoms in total. The molecule has 2 saturated heterocycles. The van der Waals surface area contributed by atoms with Gasteiger partial charge < -0.3 is 15.1 Å². The standard InChI is InChI=1S/C25H31N7O/c1-18-13-31(14-19(2)32(18)23-27-11-21(10-26)12-28-23)24(33)29-22-8-25(9-22)16-30(17-25)15-20-6-4-3-5-7-20/h3-7,11-12,18-19,22H,8-9,13-17H2,1-2H3,(H,29,33)/t18-,19-/m0/s1. The van der Waals surface area contributed by atoms with Crippen molar-refractivity contribution in [1.82, 2.24) is 25.1 Å². The van der Waals surface area contributed by atoms with E-state index in [0.717, 1.165) is 32.5 Å². The number of nitrogens with one attached hydrogen (secondary N) is 1. The van der Waals surface area contributed by atoms with Crippen molar-refractivity contribution in [2.24, 2.45) is 5.41 Å². The lowest BCUT2D eigenvalue weighted by atomic mass is 9.60. The molecular formula is C25H31N7O. The summed E-state index contributed by atoms with van der Waals surface area (Å²) in [5.41, 5.74) is 2.22. The largest absolute Gasteiger partial charge is 0.335 e. The summed E-state index contributed by atoms with van der Waals surface area (Å²) < 4.78 is 0. The summed E-state index contributed by atoms with van der Waals surface area (Å²) in [5.74, 6) is 0.611. The minimum absolute atomic E-state index is 0.0365. The van der Waals surface area contributed by atoms with Crippen molar-refractivity contribution in [2.45, 2.75) is 51.4 Å². The molecule has 0 radical (unpaired) electrons. The molecule has 3 aliphatic rings. The molecule has 1 spiro atoms. The molecule has 0 bridgehead atoms. The van der Waals surface area contributed by atoms with Gasteiger partial charge in [-0.3, -0.25) is 4.90 Å². The molecule has 1 N–H and O–H groups in total. The Balaban J connectivity index is 1.08. The predicted octanol–water partition coefficient (Wildman–Crippen LogP) is 2.62. The van der Waals surface area contributed by atoms with Crippen LogP contribution in [0.3, 0.4) is 0 Å². The number of nitriles is 1. The van der Waals surface area contributed by atoms with Crippen LogP contribution in [0, 0.1) is 16.7 Å². The molecule has 172 valence electrons. The number of carbonyl (C=O) groups excluding carboxylic acids is 1. The van der Waals surface area contributed by atoms with Crippen LogP contribution >= 0.6 is 0 Å². The number of anilines is 1. The van der Waals surface area contributed by atoms with E-state index in [2.05, 4.69) is 75.3 Å². The van der Waals surface area contributed by atoms with Gasteiger partial charge in [0.1, 0.15) is 6.07 Å². The fraction of sp³-hybridized carbons (Fsp3) is 0.520. The number of amides is 2. The topological polar surface area (TPSA) is 88.4 Å². The maximum atomic E-state index is 13.0. The average molecular weight is 446 g/mol. The van der Waals surface area contributed by atoms with Gasteiger partial charge in [-0.25, -0.2) is 14.8 Å². The molecule has 1 aromatic heterocycles. The quantitative estimate of drug-likeness (QED) is 0.778. The van der Waals surface area contributed by atoms with Gasteiger partial charge in [0, 0.05) is 50.8 Å². The van der Waals surface area contributed by atoms with Crippen LogP contribution in [-0.4, -0.2) is 70.1 Å². The van der Waals surface area contributed by atoms with E-state index < -0.39 is 0 Å². The zero-order valence-corrected chi connectivity index (χ0v) is 19.3. The van der Waals surface area contributed by atoms with Crippen LogP contribution in [0.25, 0.3) is 0 Å². The molecule has 2 aliphatic heterocycles. The summed E-state index contributed by atoms with van der Waals surface area (Å²) in [7, 11) is 0. The van der Waals surface area contributed by atoms with Crippen molar-refractivity contribution in [3.8, 4) is 6.07 Å². The van der Waals surface area contributed by atoms with Gasteiger partial charge in [-0.05, 0) is 37.7 Å². The van der Waals surface area contributed by atoms with Crippen LogP contribution in [0.5, 0.6) is 0 Å². The van der Waals surface area contributed by atoms with E-state index in [-0.39, 0.29) is 24.2 Å². The van der Waals surface area contributed by atoms with Crippen LogP contribution < -0.4 is 10.2 Å². The minimum atomic E-state index is 0.0365. The van der Waals surface area contributed by atoms with Gasteiger partial charge >= 0.3 is 6.03 Å². The second kappa shape index (κ2) is 8.64. The molecule has 0 unspecified atom stereocenters. The molecule has 2 atom stereocenters. The number of hydrogen-bond donors (Lipinski definition) is 1.